The highest BCUT2D eigenvalue weighted by Gasteiger charge is 2.39. The van der Waals surface area contributed by atoms with Gasteiger partial charge in [-0.25, -0.2) is 22.8 Å². The minimum Gasteiger partial charge on any atom is -0.475 e. The summed E-state index contributed by atoms with van der Waals surface area (Å²) in [7, 11) is 0. The van der Waals surface area contributed by atoms with Crippen molar-refractivity contribution in [3.05, 3.63) is 46.9 Å². The van der Waals surface area contributed by atoms with Crippen LogP contribution in [0.4, 0.5) is 44.5 Å². The molecule has 0 saturated carbocycles. The molecular weight excluding hydrogens is 691 g/mol. The van der Waals surface area contributed by atoms with E-state index in [0.717, 1.165) is 17.4 Å². The highest BCUT2D eigenvalue weighted by molar-refractivity contribution is 7.23. The van der Waals surface area contributed by atoms with E-state index in [4.69, 9.17) is 25.5 Å². The quantitative estimate of drug-likeness (QED) is 0.201. The van der Waals surface area contributed by atoms with Crippen LogP contribution in [-0.4, -0.2) is 80.8 Å². The predicted molar refractivity (Wildman–Crippen MR) is 149 cm³/mol. The van der Waals surface area contributed by atoms with E-state index in [-0.39, 0.29) is 54.3 Å². The number of aromatic nitrogens is 2. The molecule has 0 radical (unpaired) electrons. The zero-order valence-corrected chi connectivity index (χ0v) is 24.5. The zero-order chi connectivity index (χ0) is 35.9. The second kappa shape index (κ2) is 13.2. The first-order valence-corrected chi connectivity index (χ1v) is 14.0. The Labute approximate surface area is 265 Å². The third kappa shape index (κ3) is 6.66. The number of anilines is 1. The maximum atomic E-state index is 15.8. The fourth-order valence-corrected chi connectivity index (χ4v) is 6.06. The van der Waals surface area contributed by atoms with Gasteiger partial charge in [-0.2, -0.15) is 36.7 Å². The number of nitrogens with zero attached hydrogens (tertiary/aromatic N) is 4. The molecule has 4 heterocycles. The Balaban J connectivity index is 0.000000314. The van der Waals surface area contributed by atoms with Crippen LogP contribution in [0.2, 0.25) is 0 Å². The lowest BCUT2D eigenvalue weighted by Crippen LogP contribution is -2.54. The summed E-state index contributed by atoms with van der Waals surface area (Å²) in [5.74, 6) is -9.24. The van der Waals surface area contributed by atoms with Crippen LogP contribution in [0.15, 0.2) is 18.3 Å². The van der Waals surface area contributed by atoms with Gasteiger partial charge in [0.25, 0.3) is 5.91 Å². The highest BCUT2D eigenvalue weighted by Crippen LogP contribution is 2.45. The van der Waals surface area contributed by atoms with Crippen molar-refractivity contribution in [2.24, 2.45) is 0 Å². The van der Waals surface area contributed by atoms with Gasteiger partial charge in [-0.3, -0.25) is 9.48 Å². The molecule has 21 heteroatoms. The van der Waals surface area contributed by atoms with Crippen LogP contribution in [0.5, 0.6) is 0 Å². The number of aryl methyl sites for hydroxylation is 1. The third-order valence-electron chi connectivity index (χ3n) is 7.16. The molecule has 2 aliphatic heterocycles. The van der Waals surface area contributed by atoms with Crippen LogP contribution in [-0.2, 0) is 16.1 Å². The van der Waals surface area contributed by atoms with E-state index < -0.39 is 47.7 Å². The van der Waals surface area contributed by atoms with Crippen molar-refractivity contribution in [2.75, 3.05) is 25.4 Å². The van der Waals surface area contributed by atoms with Gasteiger partial charge in [-0.1, -0.05) is 6.07 Å². The number of fused-ring (bicyclic) bond motifs is 2. The van der Waals surface area contributed by atoms with Gasteiger partial charge < -0.3 is 26.2 Å². The number of piperazine rings is 1. The average molecular weight is 711 g/mol. The number of benzene rings is 2. The van der Waals surface area contributed by atoms with E-state index in [0.29, 0.717) is 32.6 Å². The molecule has 0 aliphatic carbocycles. The zero-order valence-electron chi connectivity index (χ0n) is 23.6. The molecule has 48 heavy (non-hydrogen) atoms. The molecule has 11 nitrogen and oxygen atoms in total. The largest absolute Gasteiger partial charge is 0.490 e. The normalized spacial score (nSPS) is 16.1. The van der Waals surface area contributed by atoms with Gasteiger partial charge in [-0.15, -0.1) is 11.3 Å². The number of nitriles is 1. The van der Waals surface area contributed by atoms with Crippen molar-refractivity contribution in [2.45, 2.75) is 31.4 Å². The van der Waals surface area contributed by atoms with Crippen molar-refractivity contribution >= 4 is 55.2 Å². The predicted octanol–water partition coefficient (Wildman–Crippen LogP) is 4.87. The summed E-state index contributed by atoms with van der Waals surface area (Å²) in [5.41, 5.74) is 5.71. The number of amides is 1. The second-order valence-corrected chi connectivity index (χ2v) is 11.1. The monoisotopic (exact) mass is 710 g/mol. The number of carboxylic acid groups (broad SMARTS) is 2. The van der Waals surface area contributed by atoms with Gasteiger partial charge in [0.15, 0.2) is 11.6 Å². The Morgan fingerprint density at radius 2 is 1.60 bits per heavy atom. The van der Waals surface area contributed by atoms with E-state index in [1.165, 1.54) is 16.9 Å². The van der Waals surface area contributed by atoms with Gasteiger partial charge in [-0.05, 0) is 18.1 Å². The van der Waals surface area contributed by atoms with Crippen LogP contribution in [0.1, 0.15) is 22.3 Å². The first kappa shape index (κ1) is 35.7. The summed E-state index contributed by atoms with van der Waals surface area (Å²) in [4.78, 5) is 32.8. The van der Waals surface area contributed by atoms with Gasteiger partial charge in [0, 0.05) is 48.6 Å². The van der Waals surface area contributed by atoms with Crippen LogP contribution in [0.3, 0.4) is 0 Å². The molecule has 4 aromatic rings. The maximum absolute atomic E-state index is 15.8. The minimum atomic E-state index is -5.08. The van der Waals surface area contributed by atoms with E-state index in [1.807, 2.05) is 6.07 Å². The van der Waals surface area contributed by atoms with Gasteiger partial charge >= 0.3 is 24.3 Å². The van der Waals surface area contributed by atoms with Crippen LogP contribution in [0.25, 0.3) is 32.1 Å². The summed E-state index contributed by atoms with van der Waals surface area (Å²) in [5, 5.41) is 31.9. The van der Waals surface area contributed by atoms with Crippen molar-refractivity contribution in [1.29, 1.82) is 5.26 Å². The minimum absolute atomic E-state index is 0.000206. The fourth-order valence-electron chi connectivity index (χ4n) is 5.11. The molecule has 2 aliphatic rings. The Hall–Kier alpha value is -5.10. The van der Waals surface area contributed by atoms with Gasteiger partial charge in [0.1, 0.15) is 22.5 Å². The van der Waals surface area contributed by atoms with Crippen molar-refractivity contribution < 1.29 is 64.1 Å². The number of nitrogens with two attached hydrogens (primary N) is 1. The standard InChI is InChI=1S/C23H17F3N6OS.2C2HF3O2/c24-14-2-1-11(16-12(7-27)22(28)34-21(14)16)15-13-9-30-32-5-3-10-8-29-4-6-31(10)23(33)17(20(13)32)19(26)18(15)25;2*3-2(4,5)1(6)7/h1-2,9-10,29H,3-6,8,28H2;2*(H,6,7). The molecule has 0 bridgehead atoms. The summed E-state index contributed by atoms with van der Waals surface area (Å²) in [6, 6.07) is 4.23. The molecule has 5 N–H and O–H groups in total. The third-order valence-corrected chi connectivity index (χ3v) is 8.19. The van der Waals surface area contributed by atoms with Crippen LogP contribution in [0, 0.1) is 28.8 Å². The molecule has 1 fully saturated rings. The number of aliphatic carboxylic acids is 2. The summed E-state index contributed by atoms with van der Waals surface area (Å²) in [6.45, 7) is 1.93. The number of thiophene rings is 1. The smallest absolute Gasteiger partial charge is 0.475 e. The number of halogens is 9. The molecule has 1 amide bonds. The van der Waals surface area contributed by atoms with Crippen molar-refractivity contribution in [1.82, 2.24) is 20.0 Å². The number of nitrogen functional groups attached to an aromatic ring is 1. The van der Waals surface area contributed by atoms with Crippen LogP contribution < -0.4 is 11.1 Å². The fraction of sp³-hybridized carbons (Fsp3) is 0.296. The average Bonchev–Trinajstić information content (AvgIpc) is 3.57. The molecule has 256 valence electrons. The topological polar surface area (TPSA) is 175 Å². The first-order valence-electron chi connectivity index (χ1n) is 13.2. The number of carbonyl (C=O) groups excluding carboxylic acids is 1. The summed E-state index contributed by atoms with van der Waals surface area (Å²) >= 11 is 0.874. The maximum Gasteiger partial charge on any atom is 0.490 e. The number of nitrogens with one attached hydrogen (secondary N) is 1. The number of hydrogen-bond acceptors (Lipinski definition) is 8. The van der Waals surface area contributed by atoms with Crippen LogP contribution >= 0.6 is 11.3 Å². The number of carboxylic acids is 2. The molecule has 1 atom stereocenters. The van der Waals surface area contributed by atoms with Gasteiger partial charge in [0.2, 0.25) is 0 Å². The number of rotatable bonds is 1. The molecular formula is C27H19F9N6O5S. The second-order valence-electron chi connectivity index (χ2n) is 10.0. The lowest BCUT2D eigenvalue weighted by Gasteiger charge is -2.37. The number of hydrogen-bond donors (Lipinski definition) is 4. The lowest BCUT2D eigenvalue weighted by atomic mass is 9.93. The number of carbonyl (C=O) groups is 3. The Kier molecular flexibility index (Phi) is 9.82. The van der Waals surface area contributed by atoms with E-state index in [2.05, 4.69) is 10.4 Å². The van der Waals surface area contributed by atoms with Gasteiger partial charge in [0.05, 0.1) is 22.0 Å². The molecule has 0 spiro atoms. The molecule has 1 saturated heterocycles. The van der Waals surface area contributed by atoms with Crippen molar-refractivity contribution in [3.8, 4) is 17.2 Å². The Bertz CT molecular complexity index is 1960. The SMILES string of the molecule is N#Cc1c(N)sc2c(F)ccc(-c3c(F)c(F)c4c5c3cnn5CCC3CNCCN3C4=O)c12.O=C(O)C(F)(F)F.O=C(O)C(F)(F)F. The lowest BCUT2D eigenvalue weighted by molar-refractivity contribution is -0.193. The van der Waals surface area contributed by atoms with E-state index in [9.17, 15) is 40.8 Å². The highest BCUT2D eigenvalue weighted by atomic mass is 32.1. The summed E-state index contributed by atoms with van der Waals surface area (Å²) in [6.07, 6.45) is -8.17. The van der Waals surface area contributed by atoms with E-state index in [1.54, 1.807) is 4.90 Å². The van der Waals surface area contributed by atoms with E-state index >= 15 is 8.78 Å². The Morgan fingerprint density at radius 3 is 2.17 bits per heavy atom. The van der Waals surface area contributed by atoms with Crippen molar-refractivity contribution in [3.63, 3.8) is 0 Å². The molecule has 2 aromatic heterocycles. The number of alkyl halides is 6. The molecule has 2 aromatic carbocycles. The Morgan fingerprint density at radius 1 is 1.02 bits per heavy atom. The molecule has 1 unspecified atom stereocenters. The summed E-state index contributed by atoms with van der Waals surface area (Å²) < 4.78 is 111. The molecule has 6 rings (SSSR count). The first-order chi connectivity index (χ1) is 22.3.